The minimum atomic E-state index is -2.97. The van der Waals surface area contributed by atoms with E-state index < -0.39 is 9.84 Å². The summed E-state index contributed by atoms with van der Waals surface area (Å²) in [5.74, 6) is -0.0936. The van der Waals surface area contributed by atoms with Gasteiger partial charge in [-0.25, -0.2) is 8.42 Å². The highest BCUT2D eigenvalue weighted by Gasteiger charge is 2.28. The monoisotopic (exact) mass is 299 g/mol. The standard InChI is InChI=1S/C13H14ClNO3S/c14-11-4-1-10(2-5-11)3-6-13(16)15-12-7-8-19(17,18)9-12/h1-6,12H,7-9H2,(H,15,16)/b6-3+. The summed E-state index contributed by atoms with van der Waals surface area (Å²) in [7, 11) is -2.97. The van der Waals surface area contributed by atoms with E-state index in [1.165, 1.54) is 6.08 Å². The van der Waals surface area contributed by atoms with Crippen molar-refractivity contribution in [1.29, 1.82) is 0 Å². The van der Waals surface area contributed by atoms with Gasteiger partial charge in [-0.1, -0.05) is 23.7 Å². The van der Waals surface area contributed by atoms with Crippen molar-refractivity contribution in [3.05, 3.63) is 40.9 Å². The molecular formula is C13H14ClNO3S. The van der Waals surface area contributed by atoms with Crippen LogP contribution in [0.25, 0.3) is 6.08 Å². The Morgan fingerprint density at radius 1 is 1.32 bits per heavy atom. The molecule has 6 heteroatoms. The van der Waals surface area contributed by atoms with E-state index in [0.29, 0.717) is 11.4 Å². The van der Waals surface area contributed by atoms with Crippen LogP contribution in [0.3, 0.4) is 0 Å². The Morgan fingerprint density at radius 3 is 2.58 bits per heavy atom. The third kappa shape index (κ3) is 4.36. The molecule has 1 unspecified atom stereocenters. The molecule has 102 valence electrons. The van der Waals surface area contributed by atoms with Crippen molar-refractivity contribution in [3.8, 4) is 0 Å². The van der Waals surface area contributed by atoms with Gasteiger partial charge in [0, 0.05) is 17.1 Å². The van der Waals surface area contributed by atoms with Gasteiger partial charge in [0.1, 0.15) is 0 Å². The summed E-state index contributed by atoms with van der Waals surface area (Å²) in [6.45, 7) is 0. The molecule has 0 aliphatic carbocycles. The maximum Gasteiger partial charge on any atom is 0.244 e. The number of rotatable bonds is 3. The molecule has 1 atom stereocenters. The maximum absolute atomic E-state index is 11.6. The molecule has 2 rings (SSSR count). The lowest BCUT2D eigenvalue weighted by Crippen LogP contribution is -2.34. The Hall–Kier alpha value is -1.33. The first-order valence-electron chi connectivity index (χ1n) is 5.89. The van der Waals surface area contributed by atoms with Gasteiger partial charge >= 0.3 is 0 Å². The molecule has 1 amide bonds. The van der Waals surface area contributed by atoms with Crippen molar-refractivity contribution < 1.29 is 13.2 Å². The highest BCUT2D eigenvalue weighted by atomic mass is 35.5. The molecular weight excluding hydrogens is 286 g/mol. The summed E-state index contributed by atoms with van der Waals surface area (Å²) in [5, 5.41) is 3.32. The molecule has 1 aromatic rings. The minimum absolute atomic E-state index is 0.0352. The number of nitrogens with one attached hydrogen (secondary N) is 1. The van der Waals surface area contributed by atoms with E-state index in [0.717, 1.165) is 5.56 Å². The Labute approximate surface area is 117 Å². The topological polar surface area (TPSA) is 63.2 Å². The molecule has 1 N–H and O–H groups in total. The fraction of sp³-hybridized carbons (Fsp3) is 0.308. The van der Waals surface area contributed by atoms with E-state index in [-0.39, 0.29) is 23.5 Å². The quantitative estimate of drug-likeness (QED) is 0.863. The number of amides is 1. The van der Waals surface area contributed by atoms with Crippen LogP contribution in [0, 0.1) is 0 Å². The van der Waals surface area contributed by atoms with Crippen molar-refractivity contribution in [2.75, 3.05) is 11.5 Å². The molecule has 0 saturated carbocycles. The van der Waals surface area contributed by atoms with Crippen molar-refractivity contribution in [1.82, 2.24) is 5.32 Å². The number of sulfone groups is 1. The number of carbonyl (C=O) groups excluding carboxylic acids is 1. The van der Waals surface area contributed by atoms with Crippen molar-refractivity contribution >= 4 is 33.4 Å². The van der Waals surface area contributed by atoms with E-state index in [2.05, 4.69) is 5.32 Å². The Bertz CT molecular complexity index is 593. The number of hydrogen-bond acceptors (Lipinski definition) is 3. The molecule has 0 spiro atoms. The molecule has 1 aromatic carbocycles. The molecule has 4 nitrogen and oxygen atoms in total. The minimum Gasteiger partial charge on any atom is -0.349 e. The van der Waals surface area contributed by atoms with E-state index in [9.17, 15) is 13.2 Å². The van der Waals surface area contributed by atoms with Gasteiger partial charge in [0.05, 0.1) is 11.5 Å². The lowest BCUT2D eigenvalue weighted by atomic mass is 10.2. The van der Waals surface area contributed by atoms with Crippen molar-refractivity contribution in [3.63, 3.8) is 0 Å². The van der Waals surface area contributed by atoms with Crippen LogP contribution in [0.4, 0.5) is 0 Å². The van der Waals surface area contributed by atoms with E-state index in [1.807, 2.05) is 0 Å². The lowest BCUT2D eigenvalue weighted by Gasteiger charge is -2.07. The first-order chi connectivity index (χ1) is 8.94. The first-order valence-corrected chi connectivity index (χ1v) is 8.09. The second kappa shape index (κ2) is 5.75. The normalized spacial score (nSPS) is 21.6. The summed E-state index contributed by atoms with van der Waals surface area (Å²) in [5.41, 5.74) is 0.860. The molecule has 19 heavy (non-hydrogen) atoms. The van der Waals surface area contributed by atoms with Crippen LogP contribution in [0.2, 0.25) is 5.02 Å². The van der Waals surface area contributed by atoms with Crippen molar-refractivity contribution in [2.45, 2.75) is 12.5 Å². The highest BCUT2D eigenvalue weighted by Crippen LogP contribution is 2.12. The van der Waals surface area contributed by atoms with Crippen LogP contribution < -0.4 is 5.32 Å². The van der Waals surface area contributed by atoms with Gasteiger partial charge in [-0.15, -0.1) is 0 Å². The number of carbonyl (C=O) groups is 1. The number of hydrogen-bond donors (Lipinski definition) is 1. The maximum atomic E-state index is 11.6. The third-order valence-electron chi connectivity index (χ3n) is 2.88. The van der Waals surface area contributed by atoms with Gasteiger partial charge < -0.3 is 5.32 Å². The largest absolute Gasteiger partial charge is 0.349 e. The zero-order valence-electron chi connectivity index (χ0n) is 10.2. The van der Waals surface area contributed by atoms with E-state index >= 15 is 0 Å². The summed E-state index contributed by atoms with van der Waals surface area (Å²) < 4.78 is 22.5. The fourth-order valence-electron chi connectivity index (χ4n) is 1.90. The average Bonchev–Trinajstić information content (AvgIpc) is 2.68. The molecule has 1 heterocycles. The van der Waals surface area contributed by atoms with Crippen LogP contribution in [-0.2, 0) is 14.6 Å². The van der Waals surface area contributed by atoms with E-state index in [1.54, 1.807) is 30.3 Å². The summed E-state index contributed by atoms with van der Waals surface area (Å²) in [6.07, 6.45) is 3.55. The van der Waals surface area contributed by atoms with Gasteiger partial charge in [0.15, 0.2) is 9.84 Å². The Kier molecular flexibility index (Phi) is 4.27. The van der Waals surface area contributed by atoms with Crippen LogP contribution in [0.1, 0.15) is 12.0 Å². The molecule has 1 saturated heterocycles. The molecule has 0 radical (unpaired) electrons. The fourth-order valence-corrected chi connectivity index (χ4v) is 3.70. The lowest BCUT2D eigenvalue weighted by molar-refractivity contribution is -0.116. The van der Waals surface area contributed by atoms with Gasteiger partial charge in [-0.2, -0.15) is 0 Å². The average molecular weight is 300 g/mol. The zero-order chi connectivity index (χ0) is 13.9. The Balaban J connectivity index is 1.89. The third-order valence-corrected chi connectivity index (χ3v) is 4.90. The Morgan fingerprint density at radius 2 is 2.00 bits per heavy atom. The van der Waals surface area contributed by atoms with Crippen molar-refractivity contribution in [2.24, 2.45) is 0 Å². The summed E-state index contributed by atoms with van der Waals surface area (Å²) >= 11 is 5.75. The zero-order valence-corrected chi connectivity index (χ0v) is 11.7. The molecule has 1 aliphatic rings. The number of benzene rings is 1. The number of halogens is 1. The molecule has 1 aliphatic heterocycles. The van der Waals surface area contributed by atoms with Gasteiger partial charge in [0.25, 0.3) is 0 Å². The van der Waals surface area contributed by atoms with Crippen LogP contribution >= 0.6 is 11.6 Å². The summed E-state index contributed by atoms with van der Waals surface area (Å²) in [4.78, 5) is 11.6. The second-order valence-corrected chi connectivity index (χ2v) is 7.16. The molecule has 0 bridgehead atoms. The second-order valence-electron chi connectivity index (χ2n) is 4.49. The molecule has 0 aromatic heterocycles. The van der Waals surface area contributed by atoms with Crippen LogP contribution in [0.5, 0.6) is 0 Å². The first kappa shape index (κ1) is 14.1. The van der Waals surface area contributed by atoms with Gasteiger partial charge in [0.2, 0.25) is 5.91 Å². The summed E-state index contributed by atoms with van der Waals surface area (Å²) in [6, 6.07) is 6.80. The highest BCUT2D eigenvalue weighted by molar-refractivity contribution is 7.91. The predicted octanol–water partition coefficient (Wildman–Crippen LogP) is 1.66. The van der Waals surface area contributed by atoms with Crippen LogP contribution in [0.15, 0.2) is 30.3 Å². The van der Waals surface area contributed by atoms with Gasteiger partial charge in [-0.05, 0) is 30.2 Å². The van der Waals surface area contributed by atoms with Gasteiger partial charge in [-0.3, -0.25) is 4.79 Å². The smallest absolute Gasteiger partial charge is 0.244 e. The van der Waals surface area contributed by atoms with E-state index in [4.69, 9.17) is 11.6 Å². The van der Waals surface area contributed by atoms with Crippen LogP contribution in [-0.4, -0.2) is 31.9 Å². The molecule has 1 fully saturated rings. The SMILES string of the molecule is O=C(/C=C/c1ccc(Cl)cc1)NC1CCS(=O)(=O)C1. The predicted molar refractivity (Wildman–Crippen MR) is 75.7 cm³/mol.